The van der Waals surface area contributed by atoms with Crippen molar-refractivity contribution in [3.05, 3.63) is 17.0 Å². The van der Waals surface area contributed by atoms with Crippen molar-refractivity contribution in [2.45, 2.75) is 44.9 Å². The highest BCUT2D eigenvalue weighted by Gasteiger charge is 2.16. The summed E-state index contributed by atoms with van der Waals surface area (Å²) in [6.07, 6.45) is 1.66. The molecule has 2 N–H and O–H groups in total. The fourth-order valence-electron chi connectivity index (χ4n) is 1.70. The van der Waals surface area contributed by atoms with Gasteiger partial charge in [0.2, 0.25) is 0 Å². The topological polar surface area (TPSA) is 95.2 Å². The molecule has 0 aromatic carbocycles. The number of thioether (sulfide) groups is 1. The van der Waals surface area contributed by atoms with Crippen molar-refractivity contribution in [2.75, 3.05) is 6.26 Å². The van der Waals surface area contributed by atoms with Crippen LogP contribution in [0.3, 0.4) is 0 Å². The van der Waals surface area contributed by atoms with Crippen LogP contribution in [-0.4, -0.2) is 34.2 Å². The number of ether oxygens (including phenoxy) is 1. The number of esters is 1. The zero-order chi connectivity index (χ0) is 15.3. The van der Waals surface area contributed by atoms with E-state index in [1.165, 1.54) is 18.7 Å². The summed E-state index contributed by atoms with van der Waals surface area (Å²) in [7, 11) is 0. The van der Waals surface area contributed by atoms with Crippen molar-refractivity contribution in [2.24, 2.45) is 5.73 Å². The summed E-state index contributed by atoms with van der Waals surface area (Å²) >= 11 is 1.48. The van der Waals surface area contributed by atoms with Gasteiger partial charge in [0.25, 0.3) is 5.91 Å². The number of aryl methyl sites for hydroxylation is 2. The van der Waals surface area contributed by atoms with Gasteiger partial charge in [-0.3, -0.25) is 9.59 Å². The van der Waals surface area contributed by atoms with Crippen LogP contribution in [0.4, 0.5) is 0 Å². The number of carbonyl (C=O) groups is 2. The lowest BCUT2D eigenvalue weighted by molar-refractivity contribution is -0.153. The first kappa shape index (κ1) is 16.4. The summed E-state index contributed by atoms with van der Waals surface area (Å²) in [5, 5.41) is 0.716. The van der Waals surface area contributed by atoms with E-state index in [4.69, 9.17) is 10.5 Å². The van der Waals surface area contributed by atoms with Gasteiger partial charge in [0, 0.05) is 17.8 Å². The van der Waals surface area contributed by atoms with Crippen LogP contribution >= 0.6 is 11.8 Å². The summed E-state index contributed by atoms with van der Waals surface area (Å²) in [5.41, 5.74) is 7.69. The van der Waals surface area contributed by atoms with Crippen LogP contribution in [0.15, 0.2) is 5.16 Å². The van der Waals surface area contributed by atoms with Gasteiger partial charge >= 0.3 is 5.97 Å². The second-order valence-electron chi connectivity index (χ2n) is 4.39. The Labute approximate surface area is 122 Å². The van der Waals surface area contributed by atoms with Gasteiger partial charge in [-0.15, -0.1) is 0 Å². The van der Waals surface area contributed by atoms with Gasteiger partial charge in [-0.2, -0.15) is 0 Å². The SMILES string of the molecule is CSc1nc(C)c(CCC(=O)OC(C)C(N)=O)c(C)n1. The minimum absolute atomic E-state index is 0.168. The quantitative estimate of drug-likeness (QED) is 0.481. The Hall–Kier alpha value is -1.63. The van der Waals surface area contributed by atoms with Gasteiger partial charge in [-0.05, 0) is 39.0 Å². The third-order valence-corrected chi connectivity index (χ3v) is 3.42. The first-order valence-electron chi connectivity index (χ1n) is 6.22. The van der Waals surface area contributed by atoms with Gasteiger partial charge in [0.15, 0.2) is 11.3 Å². The summed E-state index contributed by atoms with van der Waals surface area (Å²) in [6, 6.07) is 0. The van der Waals surface area contributed by atoms with E-state index in [2.05, 4.69) is 9.97 Å². The molecule has 1 unspecified atom stereocenters. The average molecular weight is 297 g/mol. The Balaban J connectivity index is 2.66. The van der Waals surface area contributed by atoms with Crippen molar-refractivity contribution in [3.63, 3.8) is 0 Å². The number of hydrogen-bond donors (Lipinski definition) is 1. The largest absolute Gasteiger partial charge is 0.453 e. The van der Waals surface area contributed by atoms with Crippen LogP contribution in [0, 0.1) is 13.8 Å². The molecule has 1 atom stereocenters. The number of nitrogens with zero attached hydrogens (tertiary/aromatic N) is 2. The summed E-state index contributed by atoms with van der Waals surface area (Å²) in [5.74, 6) is -1.11. The number of aromatic nitrogens is 2. The van der Waals surface area contributed by atoms with Gasteiger partial charge in [0.05, 0.1) is 0 Å². The molecule has 0 bridgehead atoms. The third kappa shape index (κ3) is 4.48. The van der Waals surface area contributed by atoms with Gasteiger partial charge in [0.1, 0.15) is 0 Å². The molecule has 0 saturated carbocycles. The van der Waals surface area contributed by atoms with E-state index >= 15 is 0 Å². The van der Waals surface area contributed by atoms with E-state index in [9.17, 15) is 9.59 Å². The maximum absolute atomic E-state index is 11.6. The smallest absolute Gasteiger partial charge is 0.306 e. The number of nitrogens with two attached hydrogens (primary N) is 1. The molecule has 1 aromatic rings. The molecule has 0 aliphatic carbocycles. The van der Waals surface area contributed by atoms with Crippen molar-refractivity contribution in [3.8, 4) is 0 Å². The highest BCUT2D eigenvalue weighted by molar-refractivity contribution is 7.98. The fourth-order valence-corrected chi connectivity index (χ4v) is 2.16. The molecular formula is C13H19N3O3S. The molecule has 1 rings (SSSR count). The van der Waals surface area contributed by atoms with Crippen LogP contribution in [-0.2, 0) is 20.7 Å². The molecule has 7 heteroatoms. The zero-order valence-electron chi connectivity index (χ0n) is 12.1. The predicted molar refractivity (Wildman–Crippen MR) is 76.4 cm³/mol. The summed E-state index contributed by atoms with van der Waals surface area (Å²) in [4.78, 5) is 31.1. The van der Waals surface area contributed by atoms with Crippen molar-refractivity contribution < 1.29 is 14.3 Å². The molecule has 0 fully saturated rings. The molecule has 1 amide bonds. The Morgan fingerprint density at radius 3 is 2.30 bits per heavy atom. The first-order chi connectivity index (χ1) is 9.35. The Morgan fingerprint density at radius 1 is 1.30 bits per heavy atom. The molecule has 1 aromatic heterocycles. The minimum Gasteiger partial charge on any atom is -0.453 e. The molecule has 0 aliphatic heterocycles. The maximum Gasteiger partial charge on any atom is 0.306 e. The standard InChI is InChI=1S/C13H19N3O3S/c1-7-10(8(2)16-13(15-7)20-4)5-6-11(17)19-9(3)12(14)18/h9H,5-6H2,1-4H3,(H2,14,18). The van der Waals surface area contributed by atoms with E-state index in [1.807, 2.05) is 20.1 Å². The van der Waals surface area contributed by atoms with E-state index in [-0.39, 0.29) is 6.42 Å². The molecule has 0 aliphatic rings. The number of carbonyl (C=O) groups excluding carboxylic acids is 2. The lowest BCUT2D eigenvalue weighted by atomic mass is 10.1. The van der Waals surface area contributed by atoms with E-state index in [0.29, 0.717) is 11.6 Å². The second-order valence-corrected chi connectivity index (χ2v) is 5.17. The normalized spacial score (nSPS) is 12.0. The van der Waals surface area contributed by atoms with Crippen molar-refractivity contribution in [1.29, 1.82) is 0 Å². The second kappa shape index (κ2) is 7.23. The maximum atomic E-state index is 11.6. The number of amides is 1. The van der Waals surface area contributed by atoms with Crippen LogP contribution in [0.2, 0.25) is 0 Å². The third-order valence-electron chi connectivity index (χ3n) is 2.87. The van der Waals surface area contributed by atoms with Crippen LogP contribution in [0.25, 0.3) is 0 Å². The van der Waals surface area contributed by atoms with E-state index in [0.717, 1.165) is 17.0 Å². The summed E-state index contributed by atoms with van der Waals surface area (Å²) < 4.78 is 4.90. The number of rotatable bonds is 6. The zero-order valence-corrected chi connectivity index (χ0v) is 12.9. The highest BCUT2D eigenvalue weighted by Crippen LogP contribution is 2.17. The molecule has 6 nitrogen and oxygen atoms in total. The van der Waals surface area contributed by atoms with Gasteiger partial charge < -0.3 is 10.5 Å². The number of hydrogen-bond acceptors (Lipinski definition) is 6. The number of primary amides is 1. The molecule has 0 spiro atoms. The molecule has 0 saturated heterocycles. The molecular weight excluding hydrogens is 278 g/mol. The predicted octanol–water partition coefficient (Wildman–Crippen LogP) is 1.16. The molecule has 20 heavy (non-hydrogen) atoms. The molecule has 1 heterocycles. The monoisotopic (exact) mass is 297 g/mol. The summed E-state index contributed by atoms with van der Waals surface area (Å²) in [6.45, 7) is 5.23. The van der Waals surface area contributed by atoms with Crippen molar-refractivity contribution in [1.82, 2.24) is 9.97 Å². The average Bonchev–Trinajstić information content (AvgIpc) is 2.37. The molecule has 110 valence electrons. The Morgan fingerprint density at radius 2 is 1.85 bits per heavy atom. The first-order valence-corrected chi connectivity index (χ1v) is 7.44. The van der Waals surface area contributed by atoms with Gasteiger partial charge in [-0.1, -0.05) is 11.8 Å². The van der Waals surface area contributed by atoms with Crippen LogP contribution in [0.5, 0.6) is 0 Å². The lowest BCUT2D eigenvalue weighted by Gasteiger charge is -2.11. The van der Waals surface area contributed by atoms with Crippen molar-refractivity contribution >= 4 is 23.6 Å². The minimum atomic E-state index is -0.903. The van der Waals surface area contributed by atoms with Crippen LogP contribution in [0.1, 0.15) is 30.3 Å². The van der Waals surface area contributed by atoms with E-state index in [1.54, 1.807) is 0 Å². The van der Waals surface area contributed by atoms with Gasteiger partial charge in [-0.25, -0.2) is 9.97 Å². The van der Waals surface area contributed by atoms with Crippen LogP contribution < -0.4 is 5.73 Å². The fraction of sp³-hybridized carbons (Fsp3) is 0.538. The van der Waals surface area contributed by atoms with E-state index < -0.39 is 18.0 Å². The lowest BCUT2D eigenvalue weighted by Crippen LogP contribution is -2.30. The highest BCUT2D eigenvalue weighted by atomic mass is 32.2. The molecule has 0 radical (unpaired) electrons. The Kier molecular flexibility index (Phi) is 5.94. The Bertz CT molecular complexity index is 497.